The number of likely N-dealkylation sites (tertiary alicyclic amines) is 1. The monoisotopic (exact) mass is 733 g/mol. The first kappa shape index (κ1) is 29.4. The highest BCUT2D eigenvalue weighted by molar-refractivity contribution is 14.1. The number of rotatable bonds is 5. The van der Waals surface area contributed by atoms with Crippen molar-refractivity contribution in [2.24, 2.45) is 5.92 Å². The molecule has 2 aromatic rings. The number of pyridine rings is 1. The number of amides is 2. The number of hydrogen-bond acceptors (Lipinski definition) is 7. The van der Waals surface area contributed by atoms with Gasteiger partial charge >= 0.3 is 12.2 Å². The van der Waals surface area contributed by atoms with Gasteiger partial charge in [-0.25, -0.2) is 19.0 Å². The van der Waals surface area contributed by atoms with E-state index < -0.39 is 35.7 Å². The second-order valence-electron chi connectivity index (χ2n) is 11.9. The Balaban J connectivity index is 1.70. The van der Waals surface area contributed by atoms with Crippen molar-refractivity contribution in [3.8, 4) is 5.88 Å². The maximum absolute atomic E-state index is 15.8. The van der Waals surface area contributed by atoms with E-state index in [-0.39, 0.29) is 45.3 Å². The Bertz CT molecular complexity index is 1370. The molecule has 1 aliphatic carbocycles. The molecule has 3 saturated heterocycles. The normalized spacial score (nSPS) is 25.1. The highest BCUT2D eigenvalue weighted by Gasteiger charge is 2.58. The maximum atomic E-state index is 15.8. The quantitative estimate of drug-likeness (QED) is 0.298. The van der Waals surface area contributed by atoms with E-state index in [9.17, 15) is 14.7 Å². The number of fused-ring (bicyclic) bond motifs is 2. The van der Waals surface area contributed by atoms with Crippen molar-refractivity contribution in [3.05, 3.63) is 19.9 Å². The fourth-order valence-electron chi connectivity index (χ4n) is 6.28. The number of likely N-dealkylation sites (N-methyl/N-ethyl adjacent to an activating group) is 1. The van der Waals surface area contributed by atoms with Gasteiger partial charge in [-0.05, 0) is 105 Å². The van der Waals surface area contributed by atoms with E-state index >= 15 is 4.39 Å². The number of nitrogens with zero attached hydrogens (tertiary/aromatic N) is 4. The molecule has 2 bridgehead atoms. The standard InChI is InChI=1S/C27H34BrFIN5O5/c1-12(16-7-6-8-33(16)5)39-24-20(31)23(14-10-15(30)18(28)19(29)21(14)32-24)35(26(38)40-27(2,3)4)22-13-9-17(22)34(11-13)25(36)37/h10,12-13,16-17,22H,6-9,11,31H2,1-5H3,(H,36,37)/t12-,13?,16-,17?,22?/m0/s1. The van der Waals surface area contributed by atoms with Crippen LogP contribution in [0.2, 0.25) is 0 Å². The van der Waals surface area contributed by atoms with E-state index in [2.05, 4.69) is 25.8 Å². The van der Waals surface area contributed by atoms with Gasteiger partial charge in [0.15, 0.2) is 5.82 Å². The van der Waals surface area contributed by atoms with E-state index in [1.807, 2.05) is 36.6 Å². The number of halogens is 3. The van der Waals surface area contributed by atoms with E-state index in [0.717, 1.165) is 19.4 Å². The van der Waals surface area contributed by atoms with Crippen LogP contribution in [0.3, 0.4) is 0 Å². The number of benzene rings is 1. The molecule has 4 heterocycles. The number of ether oxygens (including phenoxy) is 2. The van der Waals surface area contributed by atoms with Crippen molar-refractivity contribution >= 4 is 73.0 Å². The van der Waals surface area contributed by atoms with Crippen molar-refractivity contribution in [2.45, 2.75) is 76.8 Å². The summed E-state index contributed by atoms with van der Waals surface area (Å²) in [6.45, 7) is 8.43. The number of anilines is 2. The van der Waals surface area contributed by atoms with Gasteiger partial charge in [0.1, 0.15) is 22.9 Å². The Morgan fingerprint density at radius 3 is 2.65 bits per heavy atom. The lowest BCUT2D eigenvalue weighted by atomic mass is 9.78. The first-order valence-electron chi connectivity index (χ1n) is 13.3. The van der Waals surface area contributed by atoms with Crippen molar-refractivity contribution < 1.29 is 28.6 Å². The van der Waals surface area contributed by atoms with Crippen LogP contribution in [0, 0.1) is 15.3 Å². The number of carboxylic acid groups (broad SMARTS) is 1. The molecule has 0 radical (unpaired) electrons. The summed E-state index contributed by atoms with van der Waals surface area (Å²) < 4.78 is 28.7. The first-order valence-corrected chi connectivity index (χ1v) is 15.2. The predicted molar refractivity (Wildman–Crippen MR) is 161 cm³/mol. The minimum Gasteiger partial charge on any atom is -0.471 e. The van der Waals surface area contributed by atoms with Crippen molar-refractivity contribution in [1.82, 2.24) is 14.8 Å². The van der Waals surface area contributed by atoms with Gasteiger partial charge in [0.05, 0.1) is 22.2 Å². The lowest BCUT2D eigenvalue weighted by Crippen LogP contribution is -2.58. The summed E-state index contributed by atoms with van der Waals surface area (Å²) in [5.74, 6) is -0.699. The minimum absolute atomic E-state index is 0.00575. The van der Waals surface area contributed by atoms with Gasteiger partial charge in [-0.15, -0.1) is 0 Å². The Morgan fingerprint density at radius 1 is 1.38 bits per heavy atom. The molecule has 5 atom stereocenters. The molecule has 1 aromatic heterocycles. The summed E-state index contributed by atoms with van der Waals surface area (Å²) in [6.07, 6.45) is 0.556. The molecule has 3 N–H and O–H groups in total. The van der Waals surface area contributed by atoms with Crippen molar-refractivity contribution in [1.29, 1.82) is 0 Å². The molecule has 2 amide bonds. The number of carbonyl (C=O) groups is 2. The van der Waals surface area contributed by atoms with Crippen LogP contribution in [-0.2, 0) is 4.74 Å². The average molecular weight is 734 g/mol. The molecular weight excluding hydrogens is 700 g/mol. The van der Waals surface area contributed by atoms with Crippen molar-refractivity contribution in [3.63, 3.8) is 0 Å². The average Bonchev–Trinajstić information content (AvgIpc) is 3.57. The molecule has 4 aliphatic rings. The summed E-state index contributed by atoms with van der Waals surface area (Å²) >= 11 is 5.32. The number of hydrogen-bond donors (Lipinski definition) is 2. The highest BCUT2D eigenvalue weighted by atomic mass is 127. The van der Waals surface area contributed by atoms with Gasteiger partial charge in [0.2, 0.25) is 5.88 Å². The predicted octanol–water partition coefficient (Wildman–Crippen LogP) is 5.68. The Hall–Kier alpha value is -2.13. The molecule has 4 fully saturated rings. The van der Waals surface area contributed by atoms with E-state index in [4.69, 9.17) is 15.2 Å². The van der Waals surface area contributed by atoms with Gasteiger partial charge in [-0.1, -0.05) is 0 Å². The van der Waals surface area contributed by atoms with Crippen LogP contribution in [0.1, 0.15) is 47.0 Å². The molecular formula is C27H34BrFIN5O5. The summed E-state index contributed by atoms with van der Waals surface area (Å²) in [6, 6.07) is 0.871. The number of nitrogen functional groups attached to an aromatic ring is 1. The van der Waals surface area contributed by atoms with Crippen LogP contribution < -0.4 is 15.4 Å². The van der Waals surface area contributed by atoms with E-state index in [1.165, 1.54) is 9.80 Å². The Morgan fingerprint density at radius 2 is 2.08 bits per heavy atom. The van der Waals surface area contributed by atoms with Crippen LogP contribution in [0.25, 0.3) is 10.9 Å². The number of carbonyl (C=O) groups excluding carboxylic acids is 1. The molecule has 3 unspecified atom stereocenters. The maximum Gasteiger partial charge on any atom is 0.415 e. The molecule has 0 spiro atoms. The lowest BCUT2D eigenvalue weighted by Gasteiger charge is -2.44. The molecule has 1 aromatic carbocycles. The third-order valence-electron chi connectivity index (χ3n) is 8.13. The van der Waals surface area contributed by atoms with Gasteiger partial charge in [0, 0.05) is 27.5 Å². The van der Waals surface area contributed by atoms with Crippen LogP contribution in [0.15, 0.2) is 10.5 Å². The smallest absolute Gasteiger partial charge is 0.415 e. The lowest BCUT2D eigenvalue weighted by molar-refractivity contribution is 0.0517. The van der Waals surface area contributed by atoms with Crippen LogP contribution in [0.4, 0.5) is 25.4 Å². The zero-order valence-electron chi connectivity index (χ0n) is 23.1. The zero-order valence-corrected chi connectivity index (χ0v) is 26.8. The number of nitrogens with two attached hydrogens (primary N) is 1. The first-order chi connectivity index (χ1) is 18.7. The van der Waals surface area contributed by atoms with Crippen LogP contribution in [-0.4, -0.2) is 82.0 Å². The molecule has 40 heavy (non-hydrogen) atoms. The molecule has 1 saturated carbocycles. The second kappa shape index (κ2) is 10.6. The summed E-state index contributed by atoms with van der Waals surface area (Å²) in [7, 11) is 2.03. The van der Waals surface area contributed by atoms with E-state index in [0.29, 0.717) is 21.9 Å². The fraction of sp³-hybridized carbons (Fsp3) is 0.593. The van der Waals surface area contributed by atoms with Gasteiger partial charge < -0.3 is 25.2 Å². The highest BCUT2D eigenvalue weighted by Crippen LogP contribution is 2.50. The SMILES string of the molecule is C[C@H](Oc1nc2c(F)c(Br)c(I)cc2c(N(C(=O)OC(C)(C)C)C2C3CC2N(C(=O)O)C3)c1N)[C@@H]1CCCN1C. The third kappa shape index (κ3) is 5.06. The Kier molecular flexibility index (Phi) is 7.79. The van der Waals surface area contributed by atoms with Gasteiger partial charge in [-0.2, -0.15) is 0 Å². The largest absolute Gasteiger partial charge is 0.471 e. The van der Waals surface area contributed by atoms with E-state index in [1.54, 1.807) is 26.8 Å². The van der Waals surface area contributed by atoms with Crippen LogP contribution >= 0.6 is 38.5 Å². The van der Waals surface area contributed by atoms with Gasteiger partial charge in [0.25, 0.3) is 0 Å². The van der Waals surface area contributed by atoms with Crippen LogP contribution in [0.5, 0.6) is 5.88 Å². The summed E-state index contributed by atoms with van der Waals surface area (Å²) in [5, 5.41) is 10.1. The summed E-state index contributed by atoms with van der Waals surface area (Å²) in [5.41, 5.74) is 6.23. The van der Waals surface area contributed by atoms with Crippen molar-refractivity contribution in [2.75, 3.05) is 30.8 Å². The van der Waals surface area contributed by atoms with Gasteiger partial charge in [-0.3, -0.25) is 9.80 Å². The molecule has 218 valence electrons. The molecule has 10 nitrogen and oxygen atoms in total. The third-order valence-corrected chi connectivity index (χ3v) is 10.5. The second-order valence-corrected chi connectivity index (χ2v) is 13.9. The summed E-state index contributed by atoms with van der Waals surface area (Å²) in [4.78, 5) is 35.4. The molecule has 3 aliphatic heterocycles. The topological polar surface area (TPSA) is 121 Å². The minimum atomic E-state index is -1.05. The molecule has 6 rings (SSSR count). The number of aromatic nitrogens is 1. The molecule has 13 heteroatoms. The fourth-order valence-corrected chi connectivity index (χ4v) is 7.13. The zero-order chi connectivity index (χ0) is 29.3. The Labute approximate surface area is 254 Å².